The van der Waals surface area contributed by atoms with Crippen LogP contribution in [0.25, 0.3) is 0 Å². The van der Waals surface area contributed by atoms with Gasteiger partial charge in [-0.25, -0.2) is 0 Å². The lowest BCUT2D eigenvalue weighted by molar-refractivity contribution is -0.143. The van der Waals surface area contributed by atoms with E-state index in [1.54, 1.807) is 6.08 Å². The first kappa shape index (κ1) is 70.1. The van der Waals surface area contributed by atoms with Crippen LogP contribution in [0.3, 0.4) is 0 Å². The highest BCUT2D eigenvalue weighted by molar-refractivity contribution is 5.76. The number of aliphatic hydroxyl groups is 2. The van der Waals surface area contributed by atoms with E-state index < -0.39 is 12.1 Å². The molecule has 0 bridgehead atoms. The van der Waals surface area contributed by atoms with Gasteiger partial charge in [0.2, 0.25) is 5.91 Å². The Hall–Kier alpha value is -1.92. The zero-order valence-electron chi connectivity index (χ0n) is 48.4. The molecule has 0 fully saturated rings. The lowest BCUT2D eigenvalue weighted by Crippen LogP contribution is -2.45. The Morgan fingerprint density at radius 1 is 0.375 bits per heavy atom. The number of carbonyl (C=O) groups excluding carboxylic acids is 2. The third-order valence-electron chi connectivity index (χ3n) is 14.9. The third kappa shape index (κ3) is 57.4. The number of unbranched alkanes of at least 4 members (excludes halogenated alkanes) is 45. The zero-order valence-corrected chi connectivity index (χ0v) is 48.4. The summed E-state index contributed by atoms with van der Waals surface area (Å²) in [5.74, 6) is -0.0649. The molecule has 6 heteroatoms. The normalized spacial score (nSPS) is 12.8. The van der Waals surface area contributed by atoms with E-state index >= 15 is 0 Å². The van der Waals surface area contributed by atoms with Gasteiger partial charge < -0.3 is 20.3 Å². The number of aliphatic hydroxyl groups excluding tert-OH is 2. The Balaban J connectivity index is 3.42. The van der Waals surface area contributed by atoms with E-state index in [0.717, 1.165) is 44.9 Å². The van der Waals surface area contributed by atoms with Gasteiger partial charge in [-0.1, -0.05) is 288 Å². The Bertz CT molecular complexity index is 1170. The molecule has 0 aromatic heterocycles. The summed E-state index contributed by atoms with van der Waals surface area (Å²) in [4.78, 5) is 24.5. The van der Waals surface area contributed by atoms with Crippen LogP contribution < -0.4 is 5.32 Å². The molecule has 0 aromatic rings. The van der Waals surface area contributed by atoms with Crippen molar-refractivity contribution in [1.29, 1.82) is 0 Å². The number of hydrogen-bond donors (Lipinski definition) is 3. The van der Waals surface area contributed by atoms with Gasteiger partial charge in [-0.15, -0.1) is 0 Å². The number of ether oxygens (including phenoxy) is 1. The minimum atomic E-state index is -0.847. The van der Waals surface area contributed by atoms with E-state index in [9.17, 15) is 19.8 Å². The second-order valence-corrected chi connectivity index (χ2v) is 22.1. The van der Waals surface area contributed by atoms with E-state index in [2.05, 4.69) is 43.5 Å². The zero-order chi connectivity index (χ0) is 52.2. The molecular weight excluding hydrogens is 887 g/mol. The second kappa shape index (κ2) is 61.6. The molecule has 0 rings (SSSR count). The number of esters is 1. The lowest BCUT2D eigenvalue weighted by atomic mass is 10.0. The van der Waals surface area contributed by atoms with E-state index in [1.165, 1.54) is 276 Å². The van der Waals surface area contributed by atoms with Crippen molar-refractivity contribution < 1.29 is 24.5 Å². The van der Waals surface area contributed by atoms with Crippen LogP contribution in [-0.4, -0.2) is 47.4 Å². The fourth-order valence-electron chi connectivity index (χ4n) is 9.92. The first-order valence-electron chi connectivity index (χ1n) is 32.3. The molecule has 0 spiro atoms. The van der Waals surface area contributed by atoms with Crippen LogP contribution >= 0.6 is 0 Å². The van der Waals surface area contributed by atoms with Crippen LogP contribution in [0.4, 0.5) is 0 Å². The fraction of sp³-hybridized carbons (Fsp3) is 0.879. The maximum absolute atomic E-state index is 12.5. The van der Waals surface area contributed by atoms with Crippen LogP contribution in [-0.2, 0) is 14.3 Å². The van der Waals surface area contributed by atoms with Crippen LogP contribution in [0.1, 0.15) is 348 Å². The summed E-state index contributed by atoms with van der Waals surface area (Å²) in [6, 6.07) is -0.630. The quantitative estimate of drug-likeness (QED) is 0.0320. The van der Waals surface area contributed by atoms with Gasteiger partial charge in [0.25, 0.3) is 0 Å². The summed E-state index contributed by atoms with van der Waals surface area (Å²) in [6.45, 7) is 4.91. The monoisotopic (exact) mass is 1010 g/mol. The Kier molecular flexibility index (Phi) is 60.0. The van der Waals surface area contributed by atoms with Crippen LogP contribution in [0.2, 0.25) is 0 Å². The number of carbonyl (C=O) groups is 2. The number of rotatable bonds is 60. The van der Waals surface area contributed by atoms with Gasteiger partial charge >= 0.3 is 5.97 Å². The molecule has 72 heavy (non-hydrogen) atoms. The Morgan fingerprint density at radius 2 is 0.653 bits per heavy atom. The van der Waals surface area contributed by atoms with Crippen molar-refractivity contribution in [2.24, 2.45) is 0 Å². The number of hydrogen-bond acceptors (Lipinski definition) is 5. The van der Waals surface area contributed by atoms with Gasteiger partial charge in [0.15, 0.2) is 0 Å². The molecule has 0 saturated carbocycles. The molecule has 1 amide bonds. The predicted octanol–water partition coefficient (Wildman–Crippen LogP) is 20.4. The molecule has 3 N–H and O–H groups in total. The molecular formula is C66H125NO5. The van der Waals surface area contributed by atoms with Crippen molar-refractivity contribution in [3.05, 3.63) is 36.5 Å². The van der Waals surface area contributed by atoms with Crippen molar-refractivity contribution in [1.82, 2.24) is 5.32 Å². The maximum atomic E-state index is 12.5. The molecule has 0 aromatic carbocycles. The number of amides is 1. The molecule has 6 nitrogen and oxygen atoms in total. The fourth-order valence-corrected chi connectivity index (χ4v) is 9.92. The third-order valence-corrected chi connectivity index (χ3v) is 14.9. The van der Waals surface area contributed by atoms with E-state index in [-0.39, 0.29) is 18.5 Å². The number of allylic oxidation sites excluding steroid dienone is 5. The van der Waals surface area contributed by atoms with Crippen LogP contribution in [0.15, 0.2) is 36.5 Å². The summed E-state index contributed by atoms with van der Waals surface area (Å²) in [6.07, 6.45) is 77.6. The highest BCUT2D eigenvalue weighted by Gasteiger charge is 2.18. The molecule has 0 heterocycles. The molecule has 0 aliphatic heterocycles. The van der Waals surface area contributed by atoms with E-state index in [0.29, 0.717) is 19.4 Å². The lowest BCUT2D eigenvalue weighted by Gasteiger charge is -2.20. The molecule has 0 aliphatic rings. The average Bonchev–Trinajstić information content (AvgIpc) is 3.38. The van der Waals surface area contributed by atoms with Gasteiger partial charge in [0.05, 0.1) is 25.4 Å². The topological polar surface area (TPSA) is 95.9 Å². The van der Waals surface area contributed by atoms with Gasteiger partial charge in [0, 0.05) is 12.8 Å². The largest absolute Gasteiger partial charge is 0.466 e. The SMILES string of the molecule is CCCCCCC/C=C\CCCCCCCC(=O)OCCCCCCCCCCCCCC/C=C\CCCCCCCCCCCC(=O)NC(CO)C(O)/C=C/CCCCCCCCCCCCCCCC. The van der Waals surface area contributed by atoms with Gasteiger partial charge in [-0.3, -0.25) is 9.59 Å². The molecule has 0 aliphatic carbocycles. The van der Waals surface area contributed by atoms with E-state index in [1.807, 2.05) is 6.08 Å². The van der Waals surface area contributed by atoms with Crippen molar-refractivity contribution in [3.8, 4) is 0 Å². The molecule has 424 valence electrons. The molecule has 0 radical (unpaired) electrons. The minimum Gasteiger partial charge on any atom is -0.466 e. The standard InChI is InChI=1S/C66H125NO5/c1-3-5-7-9-11-13-15-17-19-31-34-38-42-46-50-54-58-64(69)63(62-68)67-65(70)59-55-51-47-43-39-35-32-29-27-25-23-21-20-22-24-26-28-30-33-37-41-45-49-53-57-61-72-66(71)60-56-52-48-44-40-36-18-16-14-12-10-8-6-4-2/h16,18,21,23,54,58,63-64,68-69H,3-15,17,19-20,22,24-53,55-57,59-62H2,1-2H3,(H,67,70)/b18-16-,23-21-,58-54+. The van der Waals surface area contributed by atoms with Gasteiger partial charge in [-0.05, 0) is 83.5 Å². The van der Waals surface area contributed by atoms with Crippen molar-refractivity contribution in [2.45, 2.75) is 360 Å². The summed E-state index contributed by atoms with van der Waals surface area (Å²) >= 11 is 0. The molecule has 0 saturated heterocycles. The van der Waals surface area contributed by atoms with Crippen molar-refractivity contribution in [3.63, 3.8) is 0 Å². The highest BCUT2D eigenvalue weighted by atomic mass is 16.5. The van der Waals surface area contributed by atoms with Crippen LogP contribution in [0.5, 0.6) is 0 Å². The predicted molar refractivity (Wildman–Crippen MR) is 315 cm³/mol. The van der Waals surface area contributed by atoms with Crippen molar-refractivity contribution >= 4 is 11.9 Å². The molecule has 2 atom stereocenters. The molecule has 2 unspecified atom stereocenters. The summed E-state index contributed by atoms with van der Waals surface area (Å²) < 4.78 is 5.48. The Morgan fingerprint density at radius 3 is 0.986 bits per heavy atom. The summed E-state index contributed by atoms with van der Waals surface area (Å²) in [5, 5.41) is 23.2. The van der Waals surface area contributed by atoms with Gasteiger partial charge in [-0.2, -0.15) is 0 Å². The maximum Gasteiger partial charge on any atom is 0.305 e. The minimum absolute atomic E-state index is 0.00454. The smallest absolute Gasteiger partial charge is 0.305 e. The first-order chi connectivity index (χ1) is 35.5. The summed E-state index contributed by atoms with van der Waals surface area (Å²) in [7, 11) is 0. The number of nitrogens with one attached hydrogen (secondary N) is 1. The summed E-state index contributed by atoms with van der Waals surface area (Å²) in [5.41, 5.74) is 0. The average molecular weight is 1010 g/mol. The second-order valence-electron chi connectivity index (χ2n) is 22.1. The first-order valence-corrected chi connectivity index (χ1v) is 32.3. The van der Waals surface area contributed by atoms with Gasteiger partial charge in [0.1, 0.15) is 0 Å². The Labute approximate surface area is 449 Å². The van der Waals surface area contributed by atoms with Crippen LogP contribution in [0, 0.1) is 0 Å². The van der Waals surface area contributed by atoms with E-state index in [4.69, 9.17) is 4.74 Å². The van der Waals surface area contributed by atoms with Crippen molar-refractivity contribution in [2.75, 3.05) is 13.2 Å². The highest BCUT2D eigenvalue weighted by Crippen LogP contribution is 2.17.